The minimum absolute atomic E-state index is 0.392. The number of nitrogens with zero attached hydrogens (tertiary/aromatic N) is 2. The Bertz CT molecular complexity index is 613. The van der Waals surface area contributed by atoms with E-state index >= 15 is 0 Å². The SMILES string of the molecule is N#CC(C#N)C(=O)c1c[nH]c2ccccc12. The molecule has 0 spiro atoms. The fourth-order valence-corrected chi connectivity index (χ4v) is 1.58. The van der Waals surface area contributed by atoms with Gasteiger partial charge >= 0.3 is 0 Å². The Kier molecular flexibility index (Phi) is 2.41. The molecule has 1 aromatic heterocycles. The highest BCUT2D eigenvalue weighted by molar-refractivity contribution is 6.10. The smallest absolute Gasteiger partial charge is 0.196 e. The largest absolute Gasteiger partial charge is 0.360 e. The highest BCUT2D eigenvalue weighted by atomic mass is 16.1. The number of carbonyl (C=O) groups is 1. The number of nitrogens with one attached hydrogen (secondary N) is 1. The third-order valence-electron chi connectivity index (χ3n) is 2.38. The van der Waals surface area contributed by atoms with Crippen molar-refractivity contribution < 1.29 is 4.79 Å². The summed E-state index contributed by atoms with van der Waals surface area (Å²) in [5, 5.41) is 18.1. The topological polar surface area (TPSA) is 80.4 Å². The maximum absolute atomic E-state index is 11.8. The number of nitriles is 2. The quantitative estimate of drug-likeness (QED) is 0.768. The van der Waals surface area contributed by atoms with Crippen molar-refractivity contribution in [3.8, 4) is 12.1 Å². The van der Waals surface area contributed by atoms with Crippen molar-refractivity contribution in [2.24, 2.45) is 5.92 Å². The Labute approximate surface area is 91.7 Å². The van der Waals surface area contributed by atoms with Crippen LogP contribution in [0.1, 0.15) is 10.4 Å². The predicted molar refractivity (Wildman–Crippen MR) is 57.3 cm³/mol. The molecule has 0 saturated carbocycles. The first-order chi connectivity index (χ1) is 7.77. The van der Waals surface area contributed by atoms with Crippen molar-refractivity contribution in [3.63, 3.8) is 0 Å². The molecule has 0 radical (unpaired) electrons. The third-order valence-corrected chi connectivity index (χ3v) is 2.38. The molecule has 0 atom stereocenters. The highest BCUT2D eigenvalue weighted by Gasteiger charge is 2.21. The molecule has 0 aliphatic heterocycles. The molecule has 4 heteroatoms. The van der Waals surface area contributed by atoms with Crippen molar-refractivity contribution >= 4 is 16.7 Å². The number of hydrogen-bond acceptors (Lipinski definition) is 3. The molecule has 16 heavy (non-hydrogen) atoms. The summed E-state index contributed by atoms with van der Waals surface area (Å²) in [6.45, 7) is 0. The fraction of sp³-hybridized carbons (Fsp3) is 0.0833. The summed E-state index contributed by atoms with van der Waals surface area (Å²) in [4.78, 5) is 14.7. The summed E-state index contributed by atoms with van der Waals surface area (Å²) in [5.74, 6) is -1.69. The lowest BCUT2D eigenvalue weighted by atomic mass is 10.00. The van der Waals surface area contributed by atoms with E-state index in [0.29, 0.717) is 5.56 Å². The van der Waals surface area contributed by atoms with Crippen LogP contribution in [0, 0.1) is 28.6 Å². The number of ketones is 1. The second-order valence-electron chi connectivity index (χ2n) is 3.30. The number of H-pyrrole nitrogens is 1. The van der Waals surface area contributed by atoms with Gasteiger partial charge in [0.05, 0.1) is 12.1 Å². The van der Waals surface area contributed by atoms with E-state index in [0.717, 1.165) is 10.9 Å². The van der Waals surface area contributed by atoms with Crippen molar-refractivity contribution in [2.45, 2.75) is 0 Å². The van der Waals surface area contributed by atoms with Crippen molar-refractivity contribution in [1.82, 2.24) is 4.98 Å². The van der Waals surface area contributed by atoms with Crippen LogP contribution in [0.15, 0.2) is 30.5 Å². The van der Waals surface area contributed by atoms with Gasteiger partial charge in [-0.2, -0.15) is 10.5 Å². The lowest BCUT2D eigenvalue weighted by Crippen LogP contribution is -2.10. The molecular formula is C12H7N3O. The molecule has 0 unspecified atom stereocenters. The summed E-state index contributed by atoms with van der Waals surface area (Å²) in [6, 6.07) is 10.6. The van der Waals surface area contributed by atoms with Crippen LogP contribution in [0.5, 0.6) is 0 Å². The van der Waals surface area contributed by atoms with E-state index < -0.39 is 11.7 Å². The Morgan fingerprint density at radius 2 is 1.94 bits per heavy atom. The molecule has 2 aromatic rings. The summed E-state index contributed by atoms with van der Waals surface area (Å²) in [5.41, 5.74) is 1.21. The molecule has 1 heterocycles. The van der Waals surface area contributed by atoms with E-state index in [2.05, 4.69) is 4.98 Å². The number of aromatic nitrogens is 1. The van der Waals surface area contributed by atoms with E-state index in [9.17, 15) is 4.79 Å². The van der Waals surface area contributed by atoms with Gasteiger partial charge in [0.2, 0.25) is 0 Å². The van der Waals surface area contributed by atoms with E-state index in [-0.39, 0.29) is 0 Å². The first-order valence-corrected chi connectivity index (χ1v) is 4.67. The van der Waals surface area contributed by atoms with Gasteiger partial charge in [-0.3, -0.25) is 4.79 Å². The molecule has 0 amide bonds. The lowest BCUT2D eigenvalue weighted by molar-refractivity contribution is 0.0972. The first kappa shape index (κ1) is 9.95. The summed E-state index contributed by atoms with van der Waals surface area (Å²) in [7, 11) is 0. The Morgan fingerprint density at radius 1 is 1.25 bits per heavy atom. The van der Waals surface area contributed by atoms with Crippen LogP contribution in [0.4, 0.5) is 0 Å². The number of rotatable bonds is 2. The Morgan fingerprint density at radius 3 is 2.62 bits per heavy atom. The fourth-order valence-electron chi connectivity index (χ4n) is 1.58. The van der Waals surface area contributed by atoms with Crippen LogP contribution in [-0.4, -0.2) is 10.8 Å². The van der Waals surface area contributed by atoms with Gasteiger partial charge < -0.3 is 4.98 Å². The van der Waals surface area contributed by atoms with Crippen LogP contribution in [0.25, 0.3) is 10.9 Å². The van der Waals surface area contributed by atoms with Crippen LogP contribution in [0.2, 0.25) is 0 Å². The molecule has 0 bridgehead atoms. The van der Waals surface area contributed by atoms with Gasteiger partial charge in [0, 0.05) is 22.7 Å². The Balaban J connectivity index is 2.54. The number of Topliss-reactive ketones (excluding diaryl/α,β-unsaturated/α-hetero) is 1. The van der Waals surface area contributed by atoms with Crippen LogP contribution >= 0.6 is 0 Å². The van der Waals surface area contributed by atoms with Gasteiger partial charge in [-0.05, 0) is 6.07 Å². The number of aromatic amines is 1. The maximum Gasteiger partial charge on any atom is 0.196 e. The monoisotopic (exact) mass is 209 g/mol. The molecule has 4 nitrogen and oxygen atoms in total. The number of fused-ring (bicyclic) bond motifs is 1. The number of benzene rings is 1. The maximum atomic E-state index is 11.8. The second-order valence-corrected chi connectivity index (χ2v) is 3.30. The zero-order valence-corrected chi connectivity index (χ0v) is 8.27. The van der Waals surface area contributed by atoms with Gasteiger partial charge in [0.15, 0.2) is 11.7 Å². The molecule has 0 saturated heterocycles. The third kappa shape index (κ3) is 1.43. The van der Waals surface area contributed by atoms with Gasteiger partial charge in [0.1, 0.15) is 0 Å². The minimum Gasteiger partial charge on any atom is -0.360 e. The molecule has 1 N–H and O–H groups in total. The van der Waals surface area contributed by atoms with Gasteiger partial charge in [-0.1, -0.05) is 18.2 Å². The van der Waals surface area contributed by atoms with Crippen molar-refractivity contribution in [3.05, 3.63) is 36.0 Å². The van der Waals surface area contributed by atoms with E-state index in [4.69, 9.17) is 10.5 Å². The first-order valence-electron chi connectivity index (χ1n) is 4.67. The van der Waals surface area contributed by atoms with Gasteiger partial charge in [-0.15, -0.1) is 0 Å². The summed E-state index contributed by atoms with van der Waals surface area (Å²) >= 11 is 0. The zero-order chi connectivity index (χ0) is 11.5. The summed E-state index contributed by atoms with van der Waals surface area (Å²) in [6.07, 6.45) is 1.54. The number of hydrogen-bond donors (Lipinski definition) is 1. The standard InChI is InChI=1S/C12H7N3O/c13-5-8(6-14)12(16)10-7-15-11-4-2-1-3-9(10)11/h1-4,7-8,15H. The number of carbonyl (C=O) groups excluding carboxylic acids is 1. The van der Waals surface area contributed by atoms with Gasteiger partial charge in [-0.25, -0.2) is 0 Å². The molecule has 0 aliphatic carbocycles. The summed E-state index contributed by atoms with van der Waals surface area (Å²) < 4.78 is 0. The van der Waals surface area contributed by atoms with Crippen LogP contribution < -0.4 is 0 Å². The van der Waals surface area contributed by atoms with E-state index in [1.54, 1.807) is 24.3 Å². The second kappa shape index (κ2) is 3.88. The number of para-hydroxylation sites is 1. The van der Waals surface area contributed by atoms with E-state index in [1.165, 1.54) is 6.20 Å². The normalized spacial score (nSPS) is 9.94. The average Bonchev–Trinajstić information content (AvgIpc) is 2.74. The highest BCUT2D eigenvalue weighted by Crippen LogP contribution is 2.20. The zero-order valence-electron chi connectivity index (χ0n) is 8.27. The average molecular weight is 209 g/mol. The molecule has 76 valence electrons. The minimum atomic E-state index is -1.24. The molecular weight excluding hydrogens is 202 g/mol. The van der Waals surface area contributed by atoms with Crippen LogP contribution in [0.3, 0.4) is 0 Å². The van der Waals surface area contributed by atoms with Crippen LogP contribution in [-0.2, 0) is 0 Å². The predicted octanol–water partition coefficient (Wildman–Crippen LogP) is 2.01. The van der Waals surface area contributed by atoms with Crippen molar-refractivity contribution in [2.75, 3.05) is 0 Å². The lowest BCUT2D eigenvalue weighted by Gasteiger charge is -1.97. The molecule has 2 rings (SSSR count). The molecule has 0 fully saturated rings. The van der Waals surface area contributed by atoms with Crippen molar-refractivity contribution in [1.29, 1.82) is 10.5 Å². The van der Waals surface area contributed by atoms with Gasteiger partial charge in [0.25, 0.3) is 0 Å². The van der Waals surface area contributed by atoms with E-state index in [1.807, 2.05) is 12.1 Å². The molecule has 1 aromatic carbocycles. The Hall–Kier alpha value is -2.59. The molecule has 0 aliphatic rings.